The third-order valence-corrected chi connectivity index (χ3v) is 6.24. The van der Waals surface area contributed by atoms with Crippen LogP contribution in [0.3, 0.4) is 0 Å². The van der Waals surface area contributed by atoms with Crippen molar-refractivity contribution in [2.24, 2.45) is 10.9 Å². The van der Waals surface area contributed by atoms with Gasteiger partial charge < -0.3 is 15.0 Å². The summed E-state index contributed by atoms with van der Waals surface area (Å²) in [6.45, 7) is 16.6. The van der Waals surface area contributed by atoms with Gasteiger partial charge in [0.05, 0.1) is 24.0 Å². The number of carbonyl (C=O) groups is 2. The molecule has 9 nitrogen and oxygen atoms in total. The van der Waals surface area contributed by atoms with Gasteiger partial charge in [0.1, 0.15) is 17.1 Å². The molecule has 0 radical (unpaired) electrons. The van der Waals surface area contributed by atoms with Gasteiger partial charge in [0.2, 0.25) is 5.91 Å². The summed E-state index contributed by atoms with van der Waals surface area (Å²) in [6, 6.07) is 1.82. The van der Waals surface area contributed by atoms with Gasteiger partial charge in [0.25, 0.3) is 0 Å². The van der Waals surface area contributed by atoms with Gasteiger partial charge in [-0.2, -0.15) is 5.10 Å². The molecule has 0 aliphatic carbocycles. The first-order valence-electron chi connectivity index (χ1n) is 11.8. The minimum absolute atomic E-state index is 0.0711. The monoisotopic (exact) mass is 458 g/mol. The molecule has 1 saturated heterocycles. The quantitative estimate of drug-likeness (QED) is 0.551. The molecule has 1 atom stereocenters. The Morgan fingerprint density at radius 2 is 1.91 bits per heavy atom. The van der Waals surface area contributed by atoms with Gasteiger partial charge in [-0.3, -0.25) is 14.4 Å². The molecule has 0 saturated carbocycles. The number of likely N-dealkylation sites (tertiary alicyclic amines) is 1. The zero-order valence-corrected chi connectivity index (χ0v) is 20.8. The van der Waals surface area contributed by atoms with Crippen LogP contribution in [0.15, 0.2) is 17.6 Å². The molecule has 0 spiro atoms. The lowest BCUT2D eigenvalue weighted by molar-refractivity contribution is -0.125. The molecule has 2 aliphatic rings. The van der Waals surface area contributed by atoms with Crippen LogP contribution in [0.4, 0.5) is 4.79 Å². The molecule has 33 heavy (non-hydrogen) atoms. The smallest absolute Gasteiger partial charge is 0.410 e. The van der Waals surface area contributed by atoms with Crippen molar-refractivity contribution in [3.63, 3.8) is 0 Å². The topological polar surface area (TPSA) is 92.1 Å². The average molecular weight is 459 g/mol. The summed E-state index contributed by atoms with van der Waals surface area (Å²) in [7, 11) is 1.69. The van der Waals surface area contributed by atoms with E-state index < -0.39 is 5.60 Å². The molecule has 0 aromatic carbocycles. The first-order valence-corrected chi connectivity index (χ1v) is 11.8. The SMILES string of the molecule is C=C(N=C(CC)N1CCC(C(=O)NC)CC1)c1cc2n(n1)CCN(C(=O)OC(C)(C)C)[C@@H]2C. The number of amides is 2. The lowest BCUT2D eigenvalue weighted by atomic mass is 9.96. The summed E-state index contributed by atoms with van der Waals surface area (Å²) in [5.41, 5.74) is 1.74. The van der Waals surface area contributed by atoms with Crippen LogP contribution in [-0.4, -0.2) is 69.7 Å². The number of aliphatic imine (C=N–C) groups is 1. The van der Waals surface area contributed by atoms with Gasteiger partial charge in [0, 0.05) is 39.0 Å². The van der Waals surface area contributed by atoms with Crippen molar-refractivity contribution in [2.75, 3.05) is 26.7 Å². The Labute approximate surface area is 196 Å². The maximum Gasteiger partial charge on any atom is 0.410 e. The first kappa shape index (κ1) is 24.8. The van der Waals surface area contributed by atoms with Crippen molar-refractivity contribution in [1.82, 2.24) is 24.9 Å². The molecule has 1 aromatic heterocycles. The van der Waals surface area contributed by atoms with Crippen molar-refractivity contribution < 1.29 is 14.3 Å². The normalized spacial score (nSPS) is 19.8. The fraction of sp³-hybridized carbons (Fsp3) is 0.667. The molecule has 0 unspecified atom stereocenters. The van der Waals surface area contributed by atoms with E-state index in [9.17, 15) is 9.59 Å². The zero-order valence-electron chi connectivity index (χ0n) is 20.8. The Morgan fingerprint density at radius 3 is 2.48 bits per heavy atom. The number of carbonyl (C=O) groups excluding carboxylic acids is 2. The summed E-state index contributed by atoms with van der Waals surface area (Å²) in [6.07, 6.45) is 2.11. The molecule has 3 heterocycles. The second-order valence-corrected chi connectivity index (χ2v) is 9.73. The van der Waals surface area contributed by atoms with Crippen molar-refractivity contribution >= 4 is 23.5 Å². The highest BCUT2D eigenvalue weighted by Gasteiger charge is 2.32. The second kappa shape index (κ2) is 9.97. The van der Waals surface area contributed by atoms with E-state index in [0.29, 0.717) is 24.5 Å². The van der Waals surface area contributed by atoms with E-state index in [1.165, 1.54) is 0 Å². The van der Waals surface area contributed by atoms with Crippen LogP contribution in [0.2, 0.25) is 0 Å². The molecule has 0 bridgehead atoms. The first-order chi connectivity index (χ1) is 15.5. The maximum atomic E-state index is 12.6. The van der Waals surface area contributed by atoms with Crippen LogP contribution >= 0.6 is 0 Å². The van der Waals surface area contributed by atoms with Crippen LogP contribution in [0, 0.1) is 5.92 Å². The van der Waals surface area contributed by atoms with Gasteiger partial charge in [-0.15, -0.1) is 0 Å². The Morgan fingerprint density at radius 1 is 1.24 bits per heavy atom. The van der Waals surface area contributed by atoms with Crippen molar-refractivity contribution in [3.05, 3.63) is 24.0 Å². The predicted molar refractivity (Wildman–Crippen MR) is 129 cm³/mol. The van der Waals surface area contributed by atoms with Crippen LogP contribution in [0.5, 0.6) is 0 Å². The van der Waals surface area contributed by atoms with Crippen molar-refractivity contribution in [2.45, 2.75) is 72.1 Å². The molecule has 2 amide bonds. The van der Waals surface area contributed by atoms with Crippen LogP contribution in [-0.2, 0) is 16.1 Å². The van der Waals surface area contributed by atoms with E-state index in [2.05, 4.69) is 23.7 Å². The Bertz CT molecular complexity index is 921. The maximum absolute atomic E-state index is 12.6. The molecular formula is C24H38N6O3. The molecule has 1 fully saturated rings. The summed E-state index contributed by atoms with van der Waals surface area (Å²) in [5.74, 6) is 1.15. The number of nitrogens with one attached hydrogen (secondary N) is 1. The van der Waals surface area contributed by atoms with Gasteiger partial charge in [-0.05, 0) is 46.6 Å². The molecular weight excluding hydrogens is 420 g/mol. The molecule has 182 valence electrons. The Hall–Kier alpha value is -2.84. The number of hydrogen-bond donors (Lipinski definition) is 1. The lowest BCUT2D eigenvalue weighted by Gasteiger charge is -2.35. The summed E-state index contributed by atoms with van der Waals surface area (Å²) < 4.78 is 7.50. The van der Waals surface area contributed by atoms with E-state index in [1.54, 1.807) is 11.9 Å². The number of hydrogen-bond acceptors (Lipinski definition) is 5. The Balaban J connectivity index is 1.70. The van der Waals surface area contributed by atoms with E-state index in [1.807, 2.05) is 38.4 Å². The molecule has 3 rings (SSSR count). The molecule has 2 aliphatic heterocycles. The second-order valence-electron chi connectivity index (χ2n) is 9.73. The van der Waals surface area contributed by atoms with Crippen molar-refractivity contribution in [3.8, 4) is 0 Å². The summed E-state index contributed by atoms with van der Waals surface area (Å²) in [4.78, 5) is 33.3. The third kappa shape index (κ3) is 5.75. The van der Waals surface area contributed by atoms with Gasteiger partial charge in [0.15, 0.2) is 0 Å². The van der Waals surface area contributed by atoms with Gasteiger partial charge in [-0.25, -0.2) is 9.79 Å². The minimum Gasteiger partial charge on any atom is -0.444 e. The largest absolute Gasteiger partial charge is 0.444 e. The number of aromatic nitrogens is 2. The number of rotatable bonds is 4. The van der Waals surface area contributed by atoms with Gasteiger partial charge in [-0.1, -0.05) is 13.5 Å². The van der Waals surface area contributed by atoms with Crippen LogP contribution < -0.4 is 5.32 Å². The highest BCUT2D eigenvalue weighted by Crippen LogP contribution is 2.29. The van der Waals surface area contributed by atoms with Crippen molar-refractivity contribution in [1.29, 1.82) is 0 Å². The summed E-state index contributed by atoms with van der Waals surface area (Å²) in [5, 5.41) is 7.46. The molecule has 1 aromatic rings. The minimum atomic E-state index is -0.534. The van der Waals surface area contributed by atoms with E-state index >= 15 is 0 Å². The number of piperidine rings is 1. The lowest BCUT2D eigenvalue weighted by Crippen LogP contribution is -2.43. The zero-order chi connectivity index (χ0) is 24.3. The molecule has 9 heteroatoms. The average Bonchev–Trinajstić information content (AvgIpc) is 3.21. The number of fused-ring (bicyclic) bond motifs is 1. The number of amidine groups is 1. The van der Waals surface area contributed by atoms with Crippen LogP contribution in [0.1, 0.15) is 71.3 Å². The molecule has 1 N–H and O–H groups in total. The number of nitrogens with zero attached hydrogens (tertiary/aromatic N) is 5. The Kier molecular flexibility index (Phi) is 7.49. The van der Waals surface area contributed by atoms with E-state index in [-0.39, 0.29) is 24.0 Å². The van der Waals surface area contributed by atoms with Crippen LogP contribution in [0.25, 0.3) is 5.70 Å². The highest BCUT2D eigenvalue weighted by atomic mass is 16.6. The third-order valence-electron chi connectivity index (χ3n) is 6.24. The number of ether oxygens (including phenoxy) is 1. The summed E-state index contributed by atoms with van der Waals surface area (Å²) >= 11 is 0. The fourth-order valence-corrected chi connectivity index (χ4v) is 4.40. The van der Waals surface area contributed by atoms with E-state index in [0.717, 1.165) is 43.9 Å². The fourth-order valence-electron chi connectivity index (χ4n) is 4.40. The predicted octanol–water partition coefficient (Wildman–Crippen LogP) is 3.43. The van der Waals surface area contributed by atoms with Gasteiger partial charge >= 0.3 is 6.09 Å². The highest BCUT2D eigenvalue weighted by molar-refractivity contribution is 5.87. The standard InChI is InChI=1S/C24H38N6O3/c1-8-21(28-11-9-18(10-12-28)22(31)25-7)26-16(2)19-15-20-17(3)29(13-14-30(20)27-19)23(32)33-24(4,5)6/h15,17-18H,2,8-14H2,1,3-7H3,(H,25,31)/t17-/m1/s1. The van der Waals surface area contributed by atoms with E-state index in [4.69, 9.17) is 14.8 Å².